The lowest BCUT2D eigenvalue weighted by Gasteiger charge is -2.06. The van der Waals surface area contributed by atoms with Gasteiger partial charge in [-0.15, -0.1) is 11.3 Å². The van der Waals surface area contributed by atoms with Crippen molar-refractivity contribution in [1.29, 1.82) is 0 Å². The number of hydrogen-bond acceptors (Lipinski definition) is 4. The summed E-state index contributed by atoms with van der Waals surface area (Å²) in [6.45, 7) is 2.46. The molecule has 1 aromatic heterocycles. The lowest BCUT2D eigenvalue weighted by molar-refractivity contribution is 0.0499. The van der Waals surface area contributed by atoms with Crippen LogP contribution in [0.5, 0.6) is 0 Å². The average molecular weight is 461 g/mol. The molecule has 1 heterocycles. The molecule has 0 aliphatic rings. The van der Waals surface area contributed by atoms with Gasteiger partial charge in [0.05, 0.1) is 20.8 Å². The zero-order valence-corrected chi connectivity index (χ0v) is 16.4. The summed E-state index contributed by atoms with van der Waals surface area (Å²) in [5.74, 6) is -0.540. The number of thiophene rings is 1. The molecule has 0 atom stereocenters. The largest absolute Gasteiger partial charge is 0.462 e. The Kier molecular flexibility index (Phi) is 6.80. The molecule has 1 amide bonds. The number of nitrogens with one attached hydrogen (secondary N) is 1. The number of hydrogen-bond donors (Lipinski definition) is 1. The molecule has 1 N–H and O–H groups in total. The predicted octanol–water partition coefficient (Wildman–Crippen LogP) is 5.48. The first-order valence-corrected chi connectivity index (χ1v) is 9.45. The quantitative estimate of drug-likeness (QED) is 0.458. The molecule has 2 aromatic rings. The van der Waals surface area contributed by atoms with Gasteiger partial charge in [0.1, 0.15) is 0 Å². The SMILES string of the molecule is CCCCOC(=O)c1ccc(NC(=O)c2cc(Br)c(Br)s2)cc1. The summed E-state index contributed by atoms with van der Waals surface area (Å²) in [6, 6.07) is 8.41. The van der Waals surface area contributed by atoms with E-state index in [1.54, 1.807) is 30.3 Å². The summed E-state index contributed by atoms with van der Waals surface area (Å²) < 4.78 is 6.85. The highest BCUT2D eigenvalue weighted by Crippen LogP contribution is 2.32. The number of esters is 1. The van der Waals surface area contributed by atoms with Crippen molar-refractivity contribution in [2.24, 2.45) is 0 Å². The average Bonchev–Trinajstić information content (AvgIpc) is 2.88. The molecule has 0 saturated heterocycles. The normalized spacial score (nSPS) is 10.4. The molecule has 0 unspecified atom stereocenters. The van der Waals surface area contributed by atoms with Crippen LogP contribution in [-0.4, -0.2) is 18.5 Å². The third-order valence-electron chi connectivity index (χ3n) is 2.98. The molecule has 0 saturated carbocycles. The van der Waals surface area contributed by atoms with Crippen LogP contribution in [0, 0.1) is 0 Å². The zero-order chi connectivity index (χ0) is 16.8. The molecule has 23 heavy (non-hydrogen) atoms. The third kappa shape index (κ3) is 5.16. The van der Waals surface area contributed by atoms with Gasteiger partial charge in [-0.2, -0.15) is 0 Å². The van der Waals surface area contributed by atoms with E-state index in [1.807, 2.05) is 6.92 Å². The van der Waals surface area contributed by atoms with Crippen molar-refractivity contribution in [3.05, 3.63) is 49.0 Å². The lowest BCUT2D eigenvalue weighted by atomic mass is 10.2. The Hall–Kier alpha value is -1.18. The van der Waals surface area contributed by atoms with Crippen LogP contribution in [0.15, 0.2) is 38.6 Å². The molecule has 0 fully saturated rings. The molecular weight excluding hydrogens is 446 g/mol. The first-order valence-electron chi connectivity index (χ1n) is 7.04. The maximum atomic E-state index is 12.1. The van der Waals surface area contributed by atoms with Crippen LogP contribution in [0.1, 0.15) is 39.8 Å². The van der Waals surface area contributed by atoms with E-state index in [-0.39, 0.29) is 11.9 Å². The highest BCUT2D eigenvalue weighted by atomic mass is 79.9. The number of benzene rings is 1. The number of amides is 1. The van der Waals surface area contributed by atoms with Crippen molar-refractivity contribution >= 4 is 60.8 Å². The van der Waals surface area contributed by atoms with E-state index < -0.39 is 0 Å². The number of rotatable bonds is 6. The van der Waals surface area contributed by atoms with Crippen LogP contribution in [0.4, 0.5) is 5.69 Å². The van der Waals surface area contributed by atoms with Gasteiger partial charge in [0.25, 0.3) is 5.91 Å². The number of anilines is 1. The van der Waals surface area contributed by atoms with Gasteiger partial charge >= 0.3 is 5.97 Å². The minimum Gasteiger partial charge on any atom is -0.462 e. The minimum atomic E-state index is -0.345. The van der Waals surface area contributed by atoms with Crippen LogP contribution in [-0.2, 0) is 4.74 Å². The molecule has 7 heteroatoms. The van der Waals surface area contributed by atoms with E-state index in [9.17, 15) is 9.59 Å². The fourth-order valence-electron chi connectivity index (χ4n) is 1.73. The summed E-state index contributed by atoms with van der Waals surface area (Å²) in [4.78, 5) is 24.5. The Labute approximate surface area is 155 Å². The van der Waals surface area contributed by atoms with Gasteiger partial charge in [0.15, 0.2) is 0 Å². The van der Waals surface area contributed by atoms with E-state index in [2.05, 4.69) is 37.2 Å². The Morgan fingerprint density at radius 1 is 1.22 bits per heavy atom. The first kappa shape index (κ1) is 18.2. The predicted molar refractivity (Wildman–Crippen MR) is 99.3 cm³/mol. The van der Waals surface area contributed by atoms with Crippen LogP contribution < -0.4 is 5.32 Å². The van der Waals surface area contributed by atoms with Gasteiger partial charge in [-0.25, -0.2) is 4.79 Å². The third-order valence-corrected chi connectivity index (χ3v) is 6.23. The van der Waals surface area contributed by atoms with Crippen molar-refractivity contribution in [3.63, 3.8) is 0 Å². The second-order valence-corrected chi connectivity index (χ2v) is 7.98. The maximum absolute atomic E-state index is 12.1. The Morgan fingerprint density at radius 2 is 1.91 bits per heavy atom. The van der Waals surface area contributed by atoms with Crippen molar-refractivity contribution in [3.8, 4) is 0 Å². The summed E-state index contributed by atoms with van der Waals surface area (Å²) in [7, 11) is 0. The zero-order valence-electron chi connectivity index (χ0n) is 12.4. The highest BCUT2D eigenvalue weighted by molar-refractivity contribution is 9.13. The minimum absolute atomic E-state index is 0.195. The molecule has 0 radical (unpaired) electrons. The second kappa shape index (κ2) is 8.61. The number of halogens is 2. The first-order chi connectivity index (χ1) is 11.0. The van der Waals surface area contributed by atoms with E-state index in [1.165, 1.54) is 11.3 Å². The molecule has 0 bridgehead atoms. The highest BCUT2D eigenvalue weighted by Gasteiger charge is 2.13. The molecule has 4 nitrogen and oxygen atoms in total. The molecular formula is C16H15Br2NO3S. The van der Waals surface area contributed by atoms with Crippen LogP contribution in [0.25, 0.3) is 0 Å². The number of ether oxygens (including phenoxy) is 1. The van der Waals surface area contributed by atoms with Gasteiger partial charge in [-0.05, 0) is 68.6 Å². The molecule has 0 spiro atoms. The molecule has 2 rings (SSSR count). The van der Waals surface area contributed by atoms with Gasteiger partial charge < -0.3 is 10.1 Å². The Balaban J connectivity index is 1.96. The summed E-state index contributed by atoms with van der Waals surface area (Å²) in [5, 5.41) is 2.79. The van der Waals surface area contributed by atoms with E-state index in [0.717, 1.165) is 21.1 Å². The Morgan fingerprint density at radius 3 is 2.48 bits per heavy atom. The fraction of sp³-hybridized carbons (Fsp3) is 0.250. The van der Waals surface area contributed by atoms with E-state index >= 15 is 0 Å². The maximum Gasteiger partial charge on any atom is 0.338 e. The topological polar surface area (TPSA) is 55.4 Å². The summed E-state index contributed by atoms with van der Waals surface area (Å²) in [6.07, 6.45) is 1.83. The number of unbranched alkanes of at least 4 members (excludes halogenated alkanes) is 1. The smallest absolute Gasteiger partial charge is 0.338 e. The molecule has 0 aliphatic heterocycles. The monoisotopic (exact) mass is 459 g/mol. The standard InChI is InChI=1S/C16H15Br2NO3S/c1-2-3-8-22-16(21)10-4-6-11(7-5-10)19-15(20)13-9-12(17)14(18)23-13/h4-7,9H,2-3,8H2,1H3,(H,19,20). The van der Waals surface area contributed by atoms with Crippen molar-refractivity contribution in [2.45, 2.75) is 19.8 Å². The number of carbonyl (C=O) groups is 2. The van der Waals surface area contributed by atoms with E-state index in [0.29, 0.717) is 22.7 Å². The van der Waals surface area contributed by atoms with E-state index in [4.69, 9.17) is 4.74 Å². The van der Waals surface area contributed by atoms with Gasteiger partial charge in [0.2, 0.25) is 0 Å². The van der Waals surface area contributed by atoms with Crippen molar-refractivity contribution in [2.75, 3.05) is 11.9 Å². The van der Waals surface area contributed by atoms with Gasteiger partial charge in [-0.3, -0.25) is 4.79 Å². The lowest BCUT2D eigenvalue weighted by Crippen LogP contribution is -2.11. The van der Waals surface area contributed by atoms with Crippen LogP contribution in [0.3, 0.4) is 0 Å². The molecule has 1 aromatic carbocycles. The summed E-state index contributed by atoms with van der Waals surface area (Å²) in [5.41, 5.74) is 1.10. The van der Waals surface area contributed by atoms with Gasteiger partial charge in [0, 0.05) is 10.2 Å². The summed E-state index contributed by atoms with van der Waals surface area (Å²) >= 11 is 8.06. The van der Waals surface area contributed by atoms with Gasteiger partial charge in [-0.1, -0.05) is 13.3 Å². The molecule has 122 valence electrons. The van der Waals surface area contributed by atoms with Crippen molar-refractivity contribution in [1.82, 2.24) is 0 Å². The number of carbonyl (C=O) groups excluding carboxylic acids is 2. The van der Waals surface area contributed by atoms with Crippen LogP contribution >= 0.6 is 43.2 Å². The molecule has 0 aliphatic carbocycles. The Bertz CT molecular complexity index is 678. The van der Waals surface area contributed by atoms with Crippen LogP contribution in [0.2, 0.25) is 0 Å². The fourth-order valence-corrected chi connectivity index (χ4v) is 3.66. The van der Waals surface area contributed by atoms with Crippen molar-refractivity contribution < 1.29 is 14.3 Å². The second-order valence-electron chi connectivity index (χ2n) is 4.75.